The van der Waals surface area contributed by atoms with Crippen LogP contribution in [0.2, 0.25) is 0 Å². The van der Waals surface area contributed by atoms with Crippen molar-refractivity contribution in [3.05, 3.63) is 27.4 Å². The molecule has 0 amide bonds. The van der Waals surface area contributed by atoms with E-state index in [0.29, 0.717) is 17.0 Å². The fourth-order valence-electron chi connectivity index (χ4n) is 2.61. The minimum absolute atomic E-state index is 0.0984. The van der Waals surface area contributed by atoms with Gasteiger partial charge in [-0.3, -0.25) is 4.79 Å². The number of carbonyl (C=O) groups is 1. The summed E-state index contributed by atoms with van der Waals surface area (Å²) in [5.41, 5.74) is 1.53. The zero-order valence-electron chi connectivity index (χ0n) is 11.3. The van der Waals surface area contributed by atoms with E-state index in [4.69, 9.17) is 5.11 Å². The van der Waals surface area contributed by atoms with Crippen molar-refractivity contribution < 1.29 is 9.90 Å². The first kappa shape index (κ1) is 13.6. The second kappa shape index (κ2) is 5.42. The van der Waals surface area contributed by atoms with Gasteiger partial charge in [-0.15, -0.1) is 0 Å². The highest BCUT2D eigenvalue weighted by molar-refractivity contribution is 5.70. The topological polar surface area (TPSA) is 75.4 Å². The summed E-state index contributed by atoms with van der Waals surface area (Å²) in [6.07, 6.45) is 3.17. The molecule has 0 saturated carbocycles. The Kier molecular flexibility index (Phi) is 3.87. The van der Waals surface area contributed by atoms with Crippen LogP contribution in [-0.2, 0) is 11.2 Å². The van der Waals surface area contributed by atoms with Gasteiger partial charge in [-0.2, -0.15) is 4.98 Å². The zero-order chi connectivity index (χ0) is 14.0. The third-order valence-corrected chi connectivity index (χ3v) is 3.58. The molecule has 6 nitrogen and oxygen atoms in total. The number of nitrogens with zero attached hydrogens (tertiary/aromatic N) is 3. The number of aliphatic carboxylic acids is 1. The summed E-state index contributed by atoms with van der Waals surface area (Å²) in [4.78, 5) is 26.9. The van der Waals surface area contributed by atoms with Crippen LogP contribution < -0.4 is 10.7 Å². The van der Waals surface area contributed by atoms with Gasteiger partial charge in [0.25, 0.3) is 0 Å². The highest BCUT2D eigenvalue weighted by Gasteiger charge is 2.19. The molecule has 104 valence electrons. The van der Waals surface area contributed by atoms with E-state index >= 15 is 0 Å². The van der Waals surface area contributed by atoms with E-state index < -0.39 is 5.97 Å². The predicted octanol–water partition coefficient (Wildman–Crippen LogP) is 0.609. The molecule has 1 N–H and O–H groups in total. The van der Waals surface area contributed by atoms with Crippen molar-refractivity contribution in [3.8, 4) is 0 Å². The Morgan fingerprint density at radius 1 is 1.26 bits per heavy atom. The summed E-state index contributed by atoms with van der Waals surface area (Å²) in [7, 11) is 0. The predicted molar refractivity (Wildman–Crippen MR) is 71.1 cm³/mol. The van der Waals surface area contributed by atoms with Gasteiger partial charge in [0.15, 0.2) is 0 Å². The van der Waals surface area contributed by atoms with Crippen LogP contribution in [-0.4, -0.2) is 33.8 Å². The van der Waals surface area contributed by atoms with Crippen LogP contribution in [0, 0.1) is 13.8 Å². The number of piperidine rings is 1. The molecule has 1 aromatic heterocycles. The van der Waals surface area contributed by atoms with E-state index in [2.05, 4.69) is 4.98 Å². The summed E-state index contributed by atoms with van der Waals surface area (Å²) in [5.74, 6) is -0.906. The lowest BCUT2D eigenvalue weighted by Gasteiger charge is -2.31. The van der Waals surface area contributed by atoms with Crippen LogP contribution in [0.15, 0.2) is 4.79 Å². The molecule has 2 rings (SSSR count). The van der Waals surface area contributed by atoms with Gasteiger partial charge in [0, 0.05) is 30.0 Å². The van der Waals surface area contributed by atoms with Gasteiger partial charge in [-0.1, -0.05) is 0 Å². The molecule has 1 saturated heterocycles. The van der Waals surface area contributed by atoms with Crippen LogP contribution >= 0.6 is 0 Å². The third-order valence-electron chi connectivity index (χ3n) is 3.58. The monoisotopic (exact) mass is 265 g/mol. The van der Waals surface area contributed by atoms with E-state index in [-0.39, 0.29) is 12.1 Å². The van der Waals surface area contributed by atoms with Crippen molar-refractivity contribution in [1.82, 2.24) is 9.66 Å². The van der Waals surface area contributed by atoms with Crippen LogP contribution in [0.5, 0.6) is 0 Å². The highest BCUT2D eigenvalue weighted by atomic mass is 16.4. The molecule has 0 aliphatic carbocycles. The van der Waals surface area contributed by atoms with Gasteiger partial charge in [0.05, 0.1) is 6.42 Å². The average Bonchev–Trinajstić information content (AvgIpc) is 2.35. The molecule has 0 atom stereocenters. The van der Waals surface area contributed by atoms with Crippen LogP contribution in [0.1, 0.15) is 36.2 Å². The van der Waals surface area contributed by atoms with Gasteiger partial charge in [0.1, 0.15) is 0 Å². The highest BCUT2D eigenvalue weighted by Crippen LogP contribution is 2.13. The van der Waals surface area contributed by atoms with E-state index in [1.165, 1.54) is 6.42 Å². The molecule has 6 heteroatoms. The Morgan fingerprint density at radius 2 is 1.89 bits per heavy atom. The summed E-state index contributed by atoms with van der Waals surface area (Å²) >= 11 is 0. The van der Waals surface area contributed by atoms with Crippen LogP contribution in [0.3, 0.4) is 0 Å². The molecule has 2 heterocycles. The lowest BCUT2D eigenvalue weighted by Crippen LogP contribution is -2.48. The van der Waals surface area contributed by atoms with Crippen molar-refractivity contribution in [1.29, 1.82) is 0 Å². The van der Waals surface area contributed by atoms with E-state index in [1.807, 2.05) is 5.01 Å². The van der Waals surface area contributed by atoms with Gasteiger partial charge >= 0.3 is 11.7 Å². The summed E-state index contributed by atoms with van der Waals surface area (Å²) < 4.78 is 1.55. The number of hydrogen-bond acceptors (Lipinski definition) is 4. The minimum atomic E-state index is -0.906. The summed E-state index contributed by atoms with van der Waals surface area (Å²) in [5, 5.41) is 10.9. The van der Waals surface area contributed by atoms with Gasteiger partial charge in [-0.05, 0) is 33.1 Å². The smallest absolute Gasteiger partial charge is 0.366 e. The summed E-state index contributed by atoms with van der Waals surface area (Å²) in [6, 6.07) is 0. The normalized spacial score (nSPS) is 15.6. The second-order valence-corrected chi connectivity index (χ2v) is 4.94. The molecular weight excluding hydrogens is 246 g/mol. The molecule has 19 heavy (non-hydrogen) atoms. The molecule has 1 aliphatic rings. The average molecular weight is 265 g/mol. The van der Waals surface area contributed by atoms with E-state index in [0.717, 1.165) is 25.9 Å². The van der Waals surface area contributed by atoms with Gasteiger partial charge in [0.2, 0.25) is 0 Å². The molecule has 0 spiro atoms. The van der Waals surface area contributed by atoms with E-state index in [1.54, 1.807) is 18.5 Å². The first-order chi connectivity index (χ1) is 9.00. The minimum Gasteiger partial charge on any atom is -0.481 e. The zero-order valence-corrected chi connectivity index (χ0v) is 11.3. The number of hydrogen-bond donors (Lipinski definition) is 1. The SMILES string of the molecule is Cc1nc(=O)n(N2CCCCC2)c(C)c1CC(=O)O. The fraction of sp³-hybridized carbons (Fsp3) is 0.615. The molecule has 1 fully saturated rings. The first-order valence-corrected chi connectivity index (χ1v) is 6.57. The van der Waals surface area contributed by atoms with Crippen molar-refractivity contribution >= 4 is 5.97 Å². The molecule has 0 bridgehead atoms. The Balaban J connectivity index is 2.47. The summed E-state index contributed by atoms with van der Waals surface area (Å²) in [6.45, 7) is 5.12. The molecular formula is C13H19N3O3. The Morgan fingerprint density at radius 3 is 2.47 bits per heavy atom. The second-order valence-electron chi connectivity index (χ2n) is 4.94. The third kappa shape index (κ3) is 2.77. The molecule has 0 unspecified atom stereocenters. The first-order valence-electron chi connectivity index (χ1n) is 6.57. The van der Waals surface area contributed by atoms with Crippen molar-refractivity contribution in [2.75, 3.05) is 18.1 Å². The molecule has 0 aromatic carbocycles. The largest absolute Gasteiger partial charge is 0.481 e. The van der Waals surface area contributed by atoms with Crippen LogP contribution in [0.4, 0.5) is 0 Å². The Hall–Kier alpha value is -1.85. The quantitative estimate of drug-likeness (QED) is 0.866. The van der Waals surface area contributed by atoms with Crippen LogP contribution in [0.25, 0.3) is 0 Å². The van der Waals surface area contributed by atoms with Crippen molar-refractivity contribution in [3.63, 3.8) is 0 Å². The van der Waals surface area contributed by atoms with E-state index in [9.17, 15) is 9.59 Å². The maximum Gasteiger partial charge on any atom is 0.366 e. The Bertz CT molecular complexity index is 545. The Labute approximate surface area is 111 Å². The number of aromatic nitrogens is 2. The fourth-order valence-corrected chi connectivity index (χ4v) is 2.61. The number of carboxylic acids is 1. The van der Waals surface area contributed by atoms with Crippen molar-refractivity contribution in [2.45, 2.75) is 39.5 Å². The maximum atomic E-state index is 12.1. The molecule has 1 aromatic rings. The molecule has 0 radical (unpaired) electrons. The van der Waals surface area contributed by atoms with Gasteiger partial charge in [-0.25, -0.2) is 9.47 Å². The van der Waals surface area contributed by atoms with Gasteiger partial charge < -0.3 is 10.1 Å². The maximum absolute atomic E-state index is 12.1. The standard InChI is InChI=1S/C13H19N3O3/c1-9-11(8-12(17)18)10(2)16(13(19)14-9)15-6-4-3-5-7-15/h3-8H2,1-2H3,(H,17,18). The number of aryl methyl sites for hydroxylation is 1. The lowest BCUT2D eigenvalue weighted by molar-refractivity contribution is -0.136. The molecule has 1 aliphatic heterocycles. The number of rotatable bonds is 3. The lowest BCUT2D eigenvalue weighted by atomic mass is 10.1. The number of carboxylic acid groups (broad SMARTS) is 1. The van der Waals surface area contributed by atoms with Crippen molar-refractivity contribution in [2.24, 2.45) is 0 Å².